The second kappa shape index (κ2) is 4.46. The summed E-state index contributed by atoms with van der Waals surface area (Å²) in [4.78, 5) is 0. The summed E-state index contributed by atoms with van der Waals surface area (Å²) in [6.45, 7) is 4.93. The third-order valence-corrected chi connectivity index (χ3v) is 2.49. The predicted molar refractivity (Wildman–Crippen MR) is 51.1 cm³/mol. The first-order valence-corrected chi connectivity index (χ1v) is 5.33. The zero-order valence-corrected chi connectivity index (χ0v) is 8.58. The molecule has 0 aliphatic carbocycles. The smallest absolute Gasteiger partial charge is 0.263 e. The Morgan fingerprint density at radius 3 is 3.36 bits per heavy atom. The van der Waals surface area contributed by atoms with Gasteiger partial charge in [0.05, 0.1) is 19.6 Å². The van der Waals surface area contributed by atoms with Gasteiger partial charge in [-0.25, -0.2) is 0 Å². The van der Waals surface area contributed by atoms with Crippen molar-refractivity contribution in [3.63, 3.8) is 0 Å². The molecule has 2 N–H and O–H groups in total. The van der Waals surface area contributed by atoms with E-state index < -0.39 is 0 Å². The minimum Gasteiger partial charge on any atom is -0.475 e. The summed E-state index contributed by atoms with van der Waals surface area (Å²) in [7, 11) is 0. The zero-order chi connectivity index (χ0) is 9.80. The van der Waals surface area contributed by atoms with Gasteiger partial charge in [-0.05, 0) is 11.6 Å². The van der Waals surface area contributed by atoms with Gasteiger partial charge < -0.3 is 14.6 Å². The molecule has 0 atom stereocenters. The maximum atomic E-state index is 5.56. The summed E-state index contributed by atoms with van der Waals surface area (Å²) in [6, 6.07) is 0. The summed E-state index contributed by atoms with van der Waals surface area (Å²) < 4.78 is 10.8. The molecule has 0 fully saturated rings. The van der Waals surface area contributed by atoms with Gasteiger partial charge in [0.15, 0.2) is 5.76 Å². The van der Waals surface area contributed by atoms with Crippen molar-refractivity contribution in [2.24, 2.45) is 0 Å². The molecule has 4 nitrogen and oxygen atoms in total. The van der Waals surface area contributed by atoms with Crippen molar-refractivity contribution in [3.8, 4) is 5.88 Å². The van der Waals surface area contributed by atoms with Crippen LogP contribution >= 0.6 is 0 Å². The van der Waals surface area contributed by atoms with E-state index in [1.807, 2.05) is 0 Å². The van der Waals surface area contributed by atoms with Crippen molar-refractivity contribution in [1.29, 1.82) is 0 Å². The molecule has 0 aromatic carbocycles. The molecule has 2 rings (SSSR count). The lowest BCUT2D eigenvalue weighted by molar-refractivity contribution is -0.673. The summed E-state index contributed by atoms with van der Waals surface area (Å²) in [6.07, 6.45) is 3.19. The van der Waals surface area contributed by atoms with Crippen LogP contribution < -0.4 is 10.1 Å². The van der Waals surface area contributed by atoms with Crippen LogP contribution in [-0.2, 0) is 13.0 Å². The van der Waals surface area contributed by atoms with Crippen molar-refractivity contribution in [2.45, 2.75) is 32.7 Å². The molecule has 2 heterocycles. The van der Waals surface area contributed by atoms with Gasteiger partial charge in [0.2, 0.25) is 0 Å². The van der Waals surface area contributed by atoms with E-state index in [0.717, 1.165) is 50.3 Å². The Morgan fingerprint density at radius 2 is 2.50 bits per heavy atom. The minimum absolute atomic E-state index is 0.712. The van der Waals surface area contributed by atoms with Crippen LogP contribution in [0.5, 0.6) is 5.88 Å². The molecule has 78 valence electrons. The molecule has 1 aromatic rings. The third kappa shape index (κ3) is 1.90. The molecule has 4 heteroatoms. The Kier molecular flexibility index (Phi) is 3.03. The van der Waals surface area contributed by atoms with E-state index >= 15 is 0 Å². The van der Waals surface area contributed by atoms with Crippen LogP contribution in [0, 0.1) is 0 Å². The molecule has 0 saturated heterocycles. The molecular formula is C10H17N2O2+. The van der Waals surface area contributed by atoms with E-state index in [9.17, 15) is 0 Å². The monoisotopic (exact) mass is 197 g/mol. The molecular weight excluding hydrogens is 180 g/mol. The van der Waals surface area contributed by atoms with Crippen molar-refractivity contribution < 1.29 is 14.6 Å². The molecule has 0 amide bonds. The number of hydrogen-bond donors (Lipinski definition) is 1. The van der Waals surface area contributed by atoms with E-state index in [2.05, 4.69) is 17.4 Å². The Morgan fingerprint density at radius 1 is 1.57 bits per heavy atom. The second-order valence-electron chi connectivity index (χ2n) is 3.62. The van der Waals surface area contributed by atoms with E-state index in [1.165, 1.54) is 0 Å². The standard InChI is InChI=1S/C10H16N2O2/c1-2-3-6-13-10-8-7-11-5-4-9(8)14-12-10/h11H,2-7H2,1H3/p+1. The fraction of sp³-hybridized carbons (Fsp3) is 0.700. The van der Waals surface area contributed by atoms with Crippen molar-refractivity contribution in [1.82, 2.24) is 5.16 Å². The van der Waals surface area contributed by atoms with Gasteiger partial charge in [-0.2, -0.15) is 0 Å². The molecule has 1 aliphatic heterocycles. The van der Waals surface area contributed by atoms with Crippen molar-refractivity contribution in [2.75, 3.05) is 13.2 Å². The molecule has 0 unspecified atom stereocenters. The van der Waals surface area contributed by atoms with E-state index in [4.69, 9.17) is 9.26 Å². The quantitative estimate of drug-likeness (QED) is 0.714. The number of ether oxygens (including phenoxy) is 1. The van der Waals surface area contributed by atoms with Gasteiger partial charge in [0.25, 0.3) is 5.88 Å². The second-order valence-corrected chi connectivity index (χ2v) is 3.62. The average molecular weight is 197 g/mol. The highest BCUT2D eigenvalue weighted by molar-refractivity contribution is 5.28. The Labute approximate surface area is 83.6 Å². The predicted octanol–water partition coefficient (Wildman–Crippen LogP) is 0.473. The highest BCUT2D eigenvalue weighted by Gasteiger charge is 2.22. The molecule has 1 aromatic heterocycles. The van der Waals surface area contributed by atoms with Gasteiger partial charge in [0, 0.05) is 0 Å². The Bertz CT molecular complexity index is 296. The van der Waals surface area contributed by atoms with Crippen LogP contribution in [0.4, 0.5) is 0 Å². The molecule has 0 radical (unpaired) electrons. The maximum Gasteiger partial charge on any atom is 0.263 e. The fourth-order valence-electron chi connectivity index (χ4n) is 1.63. The number of quaternary nitrogens is 1. The maximum absolute atomic E-state index is 5.56. The van der Waals surface area contributed by atoms with E-state index in [1.54, 1.807) is 0 Å². The fourth-order valence-corrected chi connectivity index (χ4v) is 1.63. The number of unbranched alkanes of at least 4 members (excludes halogenated alkanes) is 1. The van der Waals surface area contributed by atoms with Gasteiger partial charge >= 0.3 is 0 Å². The Hall–Kier alpha value is -1.03. The van der Waals surface area contributed by atoms with Gasteiger partial charge in [-0.3, -0.25) is 0 Å². The molecule has 1 aliphatic rings. The van der Waals surface area contributed by atoms with Crippen LogP contribution in [0.3, 0.4) is 0 Å². The third-order valence-electron chi connectivity index (χ3n) is 2.49. The molecule has 0 saturated carbocycles. The van der Waals surface area contributed by atoms with Crippen LogP contribution in [0.15, 0.2) is 4.52 Å². The first kappa shape index (κ1) is 9.52. The van der Waals surface area contributed by atoms with Crippen molar-refractivity contribution >= 4 is 0 Å². The summed E-state index contributed by atoms with van der Waals surface area (Å²) in [5, 5.41) is 6.21. The zero-order valence-electron chi connectivity index (χ0n) is 8.58. The van der Waals surface area contributed by atoms with Crippen LogP contribution in [0.2, 0.25) is 0 Å². The average Bonchev–Trinajstić information content (AvgIpc) is 2.63. The van der Waals surface area contributed by atoms with E-state index in [0.29, 0.717) is 5.88 Å². The van der Waals surface area contributed by atoms with Crippen LogP contribution in [0.25, 0.3) is 0 Å². The topological polar surface area (TPSA) is 51.9 Å². The summed E-state index contributed by atoms with van der Waals surface area (Å²) in [5.74, 6) is 1.73. The normalized spacial score (nSPS) is 15.2. The number of fused-ring (bicyclic) bond motifs is 1. The molecule has 0 bridgehead atoms. The number of rotatable bonds is 4. The highest BCUT2D eigenvalue weighted by Crippen LogP contribution is 2.22. The Balaban J connectivity index is 1.99. The number of aromatic nitrogens is 1. The number of nitrogens with two attached hydrogens (primary N) is 1. The number of hydrogen-bond acceptors (Lipinski definition) is 3. The SMILES string of the molecule is CCCCOc1noc2c1C[NH2+]CC2. The number of nitrogens with zero attached hydrogens (tertiary/aromatic N) is 1. The van der Waals surface area contributed by atoms with Gasteiger partial charge in [0.1, 0.15) is 12.1 Å². The van der Waals surface area contributed by atoms with Crippen LogP contribution in [-0.4, -0.2) is 18.3 Å². The minimum atomic E-state index is 0.712. The molecule has 0 spiro atoms. The van der Waals surface area contributed by atoms with Crippen LogP contribution in [0.1, 0.15) is 31.1 Å². The van der Waals surface area contributed by atoms with Gasteiger partial charge in [-0.1, -0.05) is 13.3 Å². The summed E-state index contributed by atoms with van der Waals surface area (Å²) >= 11 is 0. The lowest BCUT2D eigenvalue weighted by Crippen LogP contribution is -2.84. The first-order valence-electron chi connectivity index (χ1n) is 5.33. The lowest BCUT2D eigenvalue weighted by atomic mass is 10.1. The largest absolute Gasteiger partial charge is 0.475 e. The first-order chi connectivity index (χ1) is 6.92. The van der Waals surface area contributed by atoms with Crippen molar-refractivity contribution in [3.05, 3.63) is 11.3 Å². The summed E-state index contributed by atoms with van der Waals surface area (Å²) in [5.41, 5.74) is 1.16. The van der Waals surface area contributed by atoms with E-state index in [-0.39, 0.29) is 0 Å². The lowest BCUT2D eigenvalue weighted by Gasteiger charge is -2.08. The van der Waals surface area contributed by atoms with Gasteiger partial charge in [-0.15, -0.1) is 0 Å². The highest BCUT2D eigenvalue weighted by atomic mass is 16.5. The molecule has 14 heavy (non-hydrogen) atoms.